The van der Waals surface area contributed by atoms with Crippen molar-refractivity contribution < 1.29 is 28.2 Å². The maximum absolute atomic E-state index is 9.24. The summed E-state index contributed by atoms with van der Waals surface area (Å²) in [5.41, 5.74) is 0.444. The zero-order valence-corrected chi connectivity index (χ0v) is 6.83. The first-order chi connectivity index (χ1) is 2.27. The van der Waals surface area contributed by atoms with Crippen molar-refractivity contribution in [3.05, 3.63) is 0 Å². The Labute approximate surface area is 50.7 Å². The summed E-state index contributed by atoms with van der Waals surface area (Å²) in [7, 11) is 0. The van der Waals surface area contributed by atoms with Gasteiger partial charge in [-0.05, 0) is 0 Å². The van der Waals surface area contributed by atoms with E-state index in [1.54, 1.807) is 0 Å². The summed E-state index contributed by atoms with van der Waals surface area (Å²) in [6.07, 6.45) is 0. The molecule has 0 aliphatic heterocycles. The second kappa shape index (κ2) is 5.40. The molecule has 32 valence electrons. The van der Waals surface area contributed by atoms with Crippen molar-refractivity contribution in [2.45, 2.75) is 0 Å². The summed E-state index contributed by atoms with van der Waals surface area (Å²) in [4.78, 5) is 0. The molecule has 0 bridgehead atoms. The predicted octanol–water partition coefficient (Wildman–Crippen LogP) is -0.187. The van der Waals surface area contributed by atoms with E-state index >= 15 is 0 Å². The van der Waals surface area contributed by atoms with E-state index in [0.29, 0.717) is 5.55 Å². The fraction of sp³-hybridized carbons (Fsp3) is 0. The minimum Gasteiger partial charge on any atom is -0.302 e. The van der Waals surface area contributed by atoms with Gasteiger partial charge in [0.1, 0.15) is 5.55 Å². The Morgan fingerprint density at radius 1 is 1.83 bits per heavy atom. The van der Waals surface area contributed by atoms with Crippen LogP contribution in [0.1, 0.15) is 0 Å². The summed E-state index contributed by atoms with van der Waals surface area (Å²) in [6, 6.07) is 0. The van der Waals surface area contributed by atoms with Crippen LogP contribution in [0.4, 0.5) is 0 Å². The molecule has 0 heterocycles. The van der Waals surface area contributed by atoms with Gasteiger partial charge in [0.05, 0.1) is 0 Å². The molecule has 0 aliphatic rings. The topological polar surface area (TPSA) is 61.2 Å². The van der Waals surface area contributed by atoms with Crippen molar-refractivity contribution in [2.75, 3.05) is 0 Å². The minimum absolute atomic E-state index is 0. The number of rotatable bonds is 1. The zero-order valence-electron chi connectivity index (χ0n) is 3.05. The molecule has 0 aromatic rings. The molecule has 1 unspecified atom stereocenters. The third-order valence-electron chi connectivity index (χ3n) is 0.101. The zero-order chi connectivity index (χ0) is 4.28. The molecule has 0 aromatic heterocycles. The Kier molecular flexibility index (Phi) is 8.68. The van der Waals surface area contributed by atoms with Crippen LogP contribution in [0.2, 0.25) is 0 Å². The average Bonchev–Trinajstić information content (AvgIpc) is 1.38. The quantitative estimate of drug-likeness (QED) is 0.241. The third-order valence-corrected chi connectivity index (χ3v) is 0.302. The number of hydrogen-bond acceptors (Lipinski definition) is 2. The Morgan fingerprint density at radius 2 is 2.00 bits per heavy atom. The van der Waals surface area contributed by atoms with Crippen LogP contribution in [0.5, 0.6) is 0 Å². The van der Waals surface area contributed by atoms with Gasteiger partial charge in [-0.15, -0.1) is 0 Å². The molecule has 3 nitrogen and oxygen atoms in total. The maximum atomic E-state index is 9.24. The van der Waals surface area contributed by atoms with Crippen LogP contribution in [0.25, 0.3) is 0 Å². The Balaban J connectivity index is 0. The van der Waals surface area contributed by atoms with Crippen LogP contribution >= 0.6 is 0 Å². The molecular formula is CH3NO2SZn. The van der Waals surface area contributed by atoms with Crippen molar-refractivity contribution >= 4 is 16.6 Å². The minimum atomic E-state index is -2.03. The van der Waals surface area contributed by atoms with Crippen molar-refractivity contribution in [3.8, 4) is 0 Å². The van der Waals surface area contributed by atoms with E-state index in [4.69, 9.17) is 9.96 Å². The molecule has 6 heavy (non-hydrogen) atoms. The van der Waals surface area contributed by atoms with E-state index in [0.717, 1.165) is 0 Å². The molecule has 0 fully saturated rings. The molecule has 0 radical (unpaired) electrons. The van der Waals surface area contributed by atoms with Crippen LogP contribution in [0.15, 0.2) is 0 Å². The molecule has 0 amide bonds. The monoisotopic (exact) mass is 157 g/mol. The smallest absolute Gasteiger partial charge is 0.197 e. The van der Waals surface area contributed by atoms with Crippen LogP contribution in [-0.2, 0) is 30.6 Å². The van der Waals surface area contributed by atoms with Gasteiger partial charge in [0.2, 0.25) is 0 Å². The van der Waals surface area contributed by atoms with E-state index < -0.39 is 11.1 Å². The van der Waals surface area contributed by atoms with Crippen LogP contribution < -0.4 is 0 Å². The van der Waals surface area contributed by atoms with Crippen molar-refractivity contribution in [3.63, 3.8) is 0 Å². The van der Waals surface area contributed by atoms with Gasteiger partial charge >= 0.3 is 0 Å². The van der Waals surface area contributed by atoms with Gasteiger partial charge < -0.3 is 4.55 Å². The Hall–Kier alpha value is 0.403. The molecule has 1 atom stereocenters. The largest absolute Gasteiger partial charge is 0.302 e. The van der Waals surface area contributed by atoms with Gasteiger partial charge in [0.15, 0.2) is 11.1 Å². The molecule has 0 aliphatic carbocycles. The van der Waals surface area contributed by atoms with Crippen LogP contribution in [0, 0.1) is 5.41 Å². The SMILES string of the molecule is N=CS(=O)O.[Zn]. The number of nitrogens with one attached hydrogen (secondary N) is 1. The van der Waals surface area contributed by atoms with Crippen molar-refractivity contribution in [2.24, 2.45) is 0 Å². The van der Waals surface area contributed by atoms with E-state index in [2.05, 4.69) is 0 Å². The summed E-state index contributed by atoms with van der Waals surface area (Å²) in [6.45, 7) is 0. The summed E-state index contributed by atoms with van der Waals surface area (Å²) in [5, 5.41) is 5.98. The van der Waals surface area contributed by atoms with Gasteiger partial charge in [-0.25, -0.2) is 4.21 Å². The average molecular weight is 158 g/mol. The van der Waals surface area contributed by atoms with Gasteiger partial charge in [-0.1, -0.05) is 0 Å². The molecule has 0 aromatic carbocycles. The molecule has 0 saturated heterocycles. The molecule has 5 heteroatoms. The summed E-state index contributed by atoms with van der Waals surface area (Å²) < 4.78 is 16.8. The maximum Gasteiger partial charge on any atom is 0.197 e. The first-order valence-corrected chi connectivity index (χ1v) is 2.04. The normalized spacial score (nSPS) is 11.5. The van der Waals surface area contributed by atoms with E-state index in [1.807, 2.05) is 0 Å². The second-order valence-electron chi connectivity index (χ2n) is 0.394. The third kappa shape index (κ3) is 8.83. The van der Waals surface area contributed by atoms with Crippen LogP contribution in [-0.4, -0.2) is 14.3 Å². The molecule has 0 rings (SSSR count). The van der Waals surface area contributed by atoms with E-state index in [1.165, 1.54) is 0 Å². The molecule has 0 spiro atoms. The van der Waals surface area contributed by atoms with Crippen LogP contribution in [0.3, 0.4) is 0 Å². The molecule has 0 saturated carbocycles. The Bertz CT molecular complexity index is 64.6. The first-order valence-electron chi connectivity index (χ1n) is 0.874. The van der Waals surface area contributed by atoms with Gasteiger partial charge in [-0.2, -0.15) is 0 Å². The Morgan fingerprint density at radius 3 is 2.00 bits per heavy atom. The van der Waals surface area contributed by atoms with E-state index in [9.17, 15) is 4.21 Å². The standard InChI is InChI=1S/CH3NO2S.Zn/c2-1-5(3)4;/h1-2H,(H,3,4);. The van der Waals surface area contributed by atoms with Gasteiger partial charge in [0, 0.05) is 19.5 Å². The molecular weight excluding hydrogens is 155 g/mol. The van der Waals surface area contributed by atoms with Crippen molar-refractivity contribution in [1.82, 2.24) is 0 Å². The summed E-state index contributed by atoms with van der Waals surface area (Å²) in [5.74, 6) is 0. The number of hydrogen-bond donors (Lipinski definition) is 2. The second-order valence-corrected chi connectivity index (χ2v) is 1.18. The predicted molar refractivity (Wildman–Crippen MR) is 19.6 cm³/mol. The fourth-order valence-electron chi connectivity index (χ4n) is 0. The molecule has 2 N–H and O–H groups in total. The fourth-order valence-corrected chi connectivity index (χ4v) is 0. The van der Waals surface area contributed by atoms with Gasteiger partial charge in [0.25, 0.3) is 0 Å². The van der Waals surface area contributed by atoms with Gasteiger partial charge in [-0.3, -0.25) is 5.41 Å². The first kappa shape index (κ1) is 9.64. The summed E-state index contributed by atoms with van der Waals surface area (Å²) >= 11 is -2.03. The van der Waals surface area contributed by atoms with Crippen molar-refractivity contribution in [1.29, 1.82) is 5.41 Å². The van der Waals surface area contributed by atoms with E-state index in [-0.39, 0.29) is 19.5 Å².